The van der Waals surface area contributed by atoms with E-state index in [1.807, 2.05) is 55.5 Å². The zero-order valence-corrected chi connectivity index (χ0v) is 20.1. The van der Waals surface area contributed by atoms with Gasteiger partial charge in [0, 0.05) is 22.5 Å². The number of carbonyl (C=O) groups excluding carboxylic acids is 2. The van der Waals surface area contributed by atoms with Crippen LogP contribution in [-0.2, 0) is 4.79 Å². The van der Waals surface area contributed by atoms with Gasteiger partial charge < -0.3 is 15.4 Å². The molecule has 4 aromatic rings. The molecule has 0 aliphatic carbocycles. The number of hydrogen-bond donors (Lipinski definition) is 2. The minimum atomic E-state index is -0.270. The van der Waals surface area contributed by atoms with Gasteiger partial charge >= 0.3 is 0 Å². The van der Waals surface area contributed by atoms with Gasteiger partial charge in [-0.05, 0) is 49.4 Å². The van der Waals surface area contributed by atoms with Gasteiger partial charge in [0.25, 0.3) is 5.91 Å². The molecule has 2 N–H and O–H groups in total. The first-order valence-electron chi connectivity index (χ1n) is 10.9. The van der Waals surface area contributed by atoms with E-state index >= 15 is 0 Å². The Bertz CT molecular complexity index is 1330. The van der Waals surface area contributed by atoms with Gasteiger partial charge in [-0.2, -0.15) is 0 Å². The van der Waals surface area contributed by atoms with Gasteiger partial charge in [0.2, 0.25) is 5.91 Å². The molecule has 0 atom stereocenters. The van der Waals surface area contributed by atoms with E-state index in [9.17, 15) is 9.59 Å². The van der Waals surface area contributed by atoms with Crippen LogP contribution >= 0.6 is 11.8 Å². The summed E-state index contributed by atoms with van der Waals surface area (Å²) in [7, 11) is 1.55. The first-order valence-corrected chi connectivity index (χ1v) is 11.9. The summed E-state index contributed by atoms with van der Waals surface area (Å²) in [5.74, 6) is 0.283. The predicted octanol–water partition coefficient (Wildman–Crippen LogP) is 5.44. The number of amides is 2. The lowest BCUT2D eigenvalue weighted by molar-refractivity contribution is -0.113. The van der Waals surface area contributed by atoms with E-state index in [0.717, 1.165) is 17.0 Å². The molecule has 0 bridgehead atoms. The number of rotatable bonds is 8. The lowest BCUT2D eigenvalue weighted by Crippen LogP contribution is -2.15. The third-order valence-corrected chi connectivity index (χ3v) is 5.87. The summed E-state index contributed by atoms with van der Waals surface area (Å²) in [6.07, 6.45) is 0. The second-order valence-corrected chi connectivity index (χ2v) is 8.55. The Morgan fingerprint density at radius 3 is 2.34 bits per heavy atom. The molecule has 176 valence electrons. The number of para-hydroxylation sites is 2. The van der Waals surface area contributed by atoms with Crippen molar-refractivity contribution in [1.29, 1.82) is 0 Å². The summed E-state index contributed by atoms with van der Waals surface area (Å²) in [6, 6.07) is 25.7. The van der Waals surface area contributed by atoms with E-state index in [2.05, 4.69) is 20.6 Å². The van der Waals surface area contributed by atoms with Gasteiger partial charge in [-0.15, -0.1) is 0 Å². The second kappa shape index (κ2) is 11.3. The topological polar surface area (TPSA) is 93.2 Å². The highest BCUT2D eigenvalue weighted by atomic mass is 32.2. The van der Waals surface area contributed by atoms with Crippen LogP contribution in [-0.4, -0.2) is 34.6 Å². The molecule has 0 fully saturated rings. The van der Waals surface area contributed by atoms with Crippen LogP contribution in [0.5, 0.6) is 5.75 Å². The predicted molar refractivity (Wildman–Crippen MR) is 139 cm³/mol. The molecule has 0 saturated heterocycles. The number of benzene rings is 3. The molecule has 8 heteroatoms. The highest BCUT2D eigenvalue weighted by molar-refractivity contribution is 7.99. The quantitative estimate of drug-likeness (QED) is 0.255. The third-order valence-electron chi connectivity index (χ3n) is 5.02. The largest absolute Gasteiger partial charge is 0.495 e. The molecule has 0 radical (unpaired) electrons. The molecular weight excluding hydrogens is 460 g/mol. The van der Waals surface area contributed by atoms with Crippen molar-refractivity contribution >= 4 is 35.0 Å². The number of ether oxygens (including phenoxy) is 1. The van der Waals surface area contributed by atoms with Gasteiger partial charge in [0.15, 0.2) is 5.16 Å². The molecule has 0 unspecified atom stereocenters. The van der Waals surface area contributed by atoms with Crippen molar-refractivity contribution < 1.29 is 14.3 Å². The third kappa shape index (κ3) is 6.45. The number of aromatic nitrogens is 2. The van der Waals surface area contributed by atoms with Crippen LogP contribution < -0.4 is 15.4 Å². The molecule has 3 aromatic carbocycles. The number of aryl methyl sites for hydroxylation is 1. The second-order valence-electron chi connectivity index (χ2n) is 7.61. The highest BCUT2D eigenvalue weighted by Gasteiger charge is 2.11. The Morgan fingerprint density at radius 1 is 0.886 bits per heavy atom. The Morgan fingerprint density at radius 2 is 1.60 bits per heavy atom. The van der Waals surface area contributed by atoms with Crippen LogP contribution in [0, 0.1) is 6.92 Å². The summed E-state index contributed by atoms with van der Waals surface area (Å²) >= 11 is 1.27. The maximum atomic E-state index is 12.6. The molecule has 4 rings (SSSR count). The van der Waals surface area contributed by atoms with E-state index in [-0.39, 0.29) is 17.6 Å². The van der Waals surface area contributed by atoms with Crippen molar-refractivity contribution in [2.45, 2.75) is 12.1 Å². The number of carbonyl (C=O) groups is 2. The monoisotopic (exact) mass is 484 g/mol. The molecule has 7 nitrogen and oxygen atoms in total. The summed E-state index contributed by atoms with van der Waals surface area (Å²) in [6.45, 7) is 1.91. The number of methoxy groups -OCH3 is 1. The van der Waals surface area contributed by atoms with E-state index in [1.165, 1.54) is 11.8 Å². The SMILES string of the molecule is COc1ccccc1NC(=O)c1ccc(NC(=O)CSc2nc(C)cc(-c3ccccc3)n2)cc1. The van der Waals surface area contributed by atoms with Gasteiger partial charge in [0.1, 0.15) is 5.75 Å². The zero-order chi connectivity index (χ0) is 24.6. The lowest BCUT2D eigenvalue weighted by atomic mass is 10.1. The Kier molecular flexibility index (Phi) is 7.74. The van der Waals surface area contributed by atoms with Crippen LogP contribution in [0.25, 0.3) is 11.3 Å². The molecule has 35 heavy (non-hydrogen) atoms. The molecule has 0 saturated carbocycles. The fourth-order valence-corrected chi connectivity index (χ4v) is 4.04. The maximum absolute atomic E-state index is 12.6. The fourth-order valence-electron chi connectivity index (χ4n) is 3.34. The maximum Gasteiger partial charge on any atom is 0.255 e. The normalized spacial score (nSPS) is 10.5. The first kappa shape index (κ1) is 24.0. The number of thioether (sulfide) groups is 1. The minimum Gasteiger partial charge on any atom is -0.495 e. The van der Waals surface area contributed by atoms with Crippen molar-refractivity contribution in [1.82, 2.24) is 9.97 Å². The van der Waals surface area contributed by atoms with Crippen molar-refractivity contribution in [2.75, 3.05) is 23.5 Å². The Hall–Kier alpha value is -4.17. The van der Waals surface area contributed by atoms with E-state index in [0.29, 0.717) is 27.8 Å². The highest BCUT2D eigenvalue weighted by Crippen LogP contribution is 2.24. The van der Waals surface area contributed by atoms with Crippen molar-refractivity contribution in [3.05, 3.63) is 96.2 Å². The lowest BCUT2D eigenvalue weighted by Gasteiger charge is -2.10. The standard InChI is InChI=1S/C27H24N4O3S/c1-18-16-23(19-8-4-3-5-9-19)31-27(28-18)35-17-25(32)29-21-14-12-20(13-15-21)26(33)30-22-10-6-7-11-24(22)34-2/h3-16H,17H2,1-2H3,(H,29,32)(H,30,33). The van der Waals surface area contributed by atoms with Crippen molar-refractivity contribution in [3.8, 4) is 17.0 Å². The van der Waals surface area contributed by atoms with Gasteiger partial charge in [-0.1, -0.05) is 54.2 Å². The smallest absolute Gasteiger partial charge is 0.255 e. The number of anilines is 2. The molecule has 0 spiro atoms. The molecule has 0 aliphatic rings. The van der Waals surface area contributed by atoms with Crippen LogP contribution in [0.15, 0.2) is 90.1 Å². The number of hydrogen-bond acceptors (Lipinski definition) is 6. The van der Waals surface area contributed by atoms with Crippen molar-refractivity contribution in [2.24, 2.45) is 0 Å². The minimum absolute atomic E-state index is 0.160. The Balaban J connectivity index is 1.34. The van der Waals surface area contributed by atoms with E-state index in [1.54, 1.807) is 43.5 Å². The molecule has 1 aromatic heterocycles. The van der Waals surface area contributed by atoms with Gasteiger partial charge in [-0.3, -0.25) is 9.59 Å². The van der Waals surface area contributed by atoms with Crippen LogP contribution in [0.4, 0.5) is 11.4 Å². The van der Waals surface area contributed by atoms with E-state index in [4.69, 9.17) is 4.74 Å². The Labute approximate surface area is 208 Å². The van der Waals surface area contributed by atoms with Crippen LogP contribution in [0.2, 0.25) is 0 Å². The number of nitrogens with one attached hydrogen (secondary N) is 2. The summed E-state index contributed by atoms with van der Waals surface area (Å²) in [5.41, 5.74) is 4.30. The van der Waals surface area contributed by atoms with Crippen molar-refractivity contribution in [3.63, 3.8) is 0 Å². The summed E-state index contributed by atoms with van der Waals surface area (Å²) < 4.78 is 5.26. The average Bonchev–Trinajstić information content (AvgIpc) is 2.88. The fraction of sp³-hybridized carbons (Fsp3) is 0.111. The van der Waals surface area contributed by atoms with Gasteiger partial charge in [-0.25, -0.2) is 9.97 Å². The molecule has 2 amide bonds. The molecule has 1 heterocycles. The van der Waals surface area contributed by atoms with Gasteiger partial charge in [0.05, 0.1) is 24.2 Å². The van der Waals surface area contributed by atoms with E-state index < -0.39 is 0 Å². The summed E-state index contributed by atoms with van der Waals surface area (Å²) in [5, 5.41) is 6.21. The van der Waals surface area contributed by atoms with Crippen LogP contribution in [0.3, 0.4) is 0 Å². The number of nitrogens with zero attached hydrogens (tertiary/aromatic N) is 2. The summed E-state index contributed by atoms with van der Waals surface area (Å²) in [4.78, 5) is 34.1. The molecular formula is C27H24N4O3S. The zero-order valence-electron chi connectivity index (χ0n) is 19.3. The van der Waals surface area contributed by atoms with Crippen LogP contribution in [0.1, 0.15) is 16.1 Å². The molecule has 0 aliphatic heterocycles. The average molecular weight is 485 g/mol. The first-order chi connectivity index (χ1) is 17.0.